The quantitative estimate of drug-likeness (QED) is 0.905. The van der Waals surface area contributed by atoms with E-state index in [0.29, 0.717) is 6.42 Å². The molecule has 3 rings (SSSR count). The molecule has 4 nitrogen and oxygen atoms in total. The van der Waals surface area contributed by atoms with E-state index in [1.165, 1.54) is 5.56 Å². The van der Waals surface area contributed by atoms with E-state index in [9.17, 15) is 9.90 Å². The SMILES string of the molecule is Cc1ccc(-c2nc(CC(=O)NC3CCC(O)CC3)cs2)cc1. The summed E-state index contributed by atoms with van der Waals surface area (Å²) in [4.78, 5) is 16.7. The first-order valence-corrected chi connectivity index (χ1v) is 8.97. The molecule has 1 aromatic heterocycles. The Morgan fingerprint density at radius 1 is 1.26 bits per heavy atom. The molecule has 0 aliphatic heterocycles. The van der Waals surface area contributed by atoms with E-state index >= 15 is 0 Å². The van der Waals surface area contributed by atoms with Gasteiger partial charge in [0.2, 0.25) is 5.91 Å². The average molecular weight is 330 g/mol. The maximum Gasteiger partial charge on any atom is 0.226 e. The van der Waals surface area contributed by atoms with Crippen LogP contribution in [0.15, 0.2) is 29.6 Å². The smallest absolute Gasteiger partial charge is 0.226 e. The molecule has 1 amide bonds. The van der Waals surface area contributed by atoms with E-state index in [1.807, 2.05) is 5.38 Å². The second-order valence-corrected chi connectivity index (χ2v) is 7.12. The van der Waals surface area contributed by atoms with Gasteiger partial charge in [-0.1, -0.05) is 29.8 Å². The zero-order valence-electron chi connectivity index (χ0n) is 13.3. The molecular formula is C18H22N2O2S. The fraction of sp³-hybridized carbons (Fsp3) is 0.444. The number of aliphatic hydroxyl groups excluding tert-OH is 1. The summed E-state index contributed by atoms with van der Waals surface area (Å²) < 4.78 is 0. The van der Waals surface area contributed by atoms with Crippen LogP contribution < -0.4 is 5.32 Å². The normalized spacial score (nSPS) is 21.1. The topological polar surface area (TPSA) is 62.2 Å². The average Bonchev–Trinajstić information content (AvgIpc) is 2.98. The Kier molecular flexibility index (Phi) is 5.08. The van der Waals surface area contributed by atoms with Gasteiger partial charge in [-0.05, 0) is 32.6 Å². The predicted molar refractivity (Wildman–Crippen MR) is 92.4 cm³/mol. The van der Waals surface area contributed by atoms with Crippen LogP contribution in [0.5, 0.6) is 0 Å². The molecule has 1 fully saturated rings. The number of aromatic nitrogens is 1. The first kappa shape index (κ1) is 16.1. The third-order valence-corrected chi connectivity index (χ3v) is 5.19. The molecular weight excluding hydrogens is 308 g/mol. The highest BCUT2D eigenvalue weighted by Gasteiger charge is 2.21. The van der Waals surface area contributed by atoms with Crippen molar-refractivity contribution >= 4 is 17.2 Å². The number of hydrogen-bond donors (Lipinski definition) is 2. The van der Waals surface area contributed by atoms with E-state index in [4.69, 9.17) is 0 Å². The minimum absolute atomic E-state index is 0.0205. The zero-order valence-corrected chi connectivity index (χ0v) is 14.1. The van der Waals surface area contributed by atoms with Crippen LogP contribution in [-0.4, -0.2) is 28.1 Å². The number of thiazole rings is 1. The van der Waals surface area contributed by atoms with Crippen molar-refractivity contribution in [2.75, 3.05) is 0 Å². The van der Waals surface area contributed by atoms with Crippen molar-refractivity contribution in [1.29, 1.82) is 0 Å². The van der Waals surface area contributed by atoms with Gasteiger partial charge >= 0.3 is 0 Å². The highest BCUT2D eigenvalue weighted by molar-refractivity contribution is 7.13. The summed E-state index contributed by atoms with van der Waals surface area (Å²) in [5.41, 5.74) is 3.13. The number of amides is 1. The van der Waals surface area contributed by atoms with Gasteiger partial charge in [0.1, 0.15) is 5.01 Å². The third-order valence-electron chi connectivity index (χ3n) is 4.25. The minimum Gasteiger partial charge on any atom is -0.393 e. The van der Waals surface area contributed by atoms with Crippen molar-refractivity contribution in [3.05, 3.63) is 40.9 Å². The van der Waals surface area contributed by atoms with E-state index in [-0.39, 0.29) is 18.1 Å². The lowest BCUT2D eigenvalue weighted by Crippen LogP contribution is -2.39. The molecule has 0 bridgehead atoms. The molecule has 0 radical (unpaired) electrons. The lowest BCUT2D eigenvalue weighted by molar-refractivity contribution is -0.121. The Balaban J connectivity index is 1.56. The maximum atomic E-state index is 12.1. The highest BCUT2D eigenvalue weighted by atomic mass is 32.1. The Hall–Kier alpha value is -1.72. The maximum absolute atomic E-state index is 12.1. The fourth-order valence-electron chi connectivity index (χ4n) is 2.88. The van der Waals surface area contributed by atoms with E-state index < -0.39 is 0 Å². The number of aryl methyl sites for hydroxylation is 1. The summed E-state index contributed by atoms with van der Waals surface area (Å²) in [7, 11) is 0. The van der Waals surface area contributed by atoms with Crippen LogP contribution in [0.1, 0.15) is 36.9 Å². The number of carbonyl (C=O) groups is 1. The lowest BCUT2D eigenvalue weighted by atomic mass is 9.93. The molecule has 1 aliphatic carbocycles. The molecule has 1 aliphatic rings. The zero-order chi connectivity index (χ0) is 16.2. The number of nitrogens with zero attached hydrogens (tertiary/aromatic N) is 1. The van der Waals surface area contributed by atoms with Crippen molar-refractivity contribution in [1.82, 2.24) is 10.3 Å². The van der Waals surface area contributed by atoms with Gasteiger partial charge < -0.3 is 10.4 Å². The van der Waals surface area contributed by atoms with Crippen LogP contribution >= 0.6 is 11.3 Å². The number of carbonyl (C=O) groups excluding carboxylic acids is 1. The summed E-state index contributed by atoms with van der Waals surface area (Å²) in [5, 5.41) is 15.5. The van der Waals surface area contributed by atoms with E-state index in [0.717, 1.165) is 41.9 Å². The molecule has 122 valence electrons. The molecule has 0 saturated heterocycles. The summed E-state index contributed by atoms with van der Waals surface area (Å²) in [6.07, 6.45) is 3.40. The molecule has 1 heterocycles. The predicted octanol–water partition coefficient (Wildman–Crippen LogP) is 3.08. The Morgan fingerprint density at radius 2 is 1.96 bits per heavy atom. The Morgan fingerprint density at radius 3 is 2.65 bits per heavy atom. The summed E-state index contributed by atoms with van der Waals surface area (Å²) >= 11 is 1.57. The monoisotopic (exact) mass is 330 g/mol. The van der Waals surface area contributed by atoms with Crippen LogP contribution in [0.3, 0.4) is 0 Å². The van der Waals surface area contributed by atoms with Crippen LogP contribution in [0.25, 0.3) is 10.6 Å². The van der Waals surface area contributed by atoms with Gasteiger partial charge in [-0.15, -0.1) is 11.3 Å². The lowest BCUT2D eigenvalue weighted by Gasteiger charge is -2.26. The molecule has 0 spiro atoms. The van der Waals surface area contributed by atoms with Crippen molar-refractivity contribution in [2.45, 2.75) is 51.2 Å². The Labute approximate surface area is 140 Å². The standard InChI is InChI=1S/C18H22N2O2S/c1-12-2-4-13(5-3-12)18-20-15(11-23-18)10-17(22)19-14-6-8-16(21)9-7-14/h2-5,11,14,16,21H,6-10H2,1H3,(H,19,22). The first-order valence-electron chi connectivity index (χ1n) is 8.09. The highest BCUT2D eigenvalue weighted by Crippen LogP contribution is 2.24. The van der Waals surface area contributed by atoms with Gasteiger partial charge in [-0.3, -0.25) is 4.79 Å². The van der Waals surface area contributed by atoms with Crippen LogP contribution in [-0.2, 0) is 11.2 Å². The summed E-state index contributed by atoms with van der Waals surface area (Å²) in [6.45, 7) is 2.06. The first-order chi connectivity index (χ1) is 11.1. The van der Waals surface area contributed by atoms with Gasteiger partial charge in [-0.25, -0.2) is 4.98 Å². The van der Waals surface area contributed by atoms with Gasteiger partial charge in [0.25, 0.3) is 0 Å². The largest absolute Gasteiger partial charge is 0.393 e. The number of benzene rings is 1. The van der Waals surface area contributed by atoms with E-state index in [2.05, 4.69) is 41.5 Å². The molecule has 0 unspecified atom stereocenters. The van der Waals surface area contributed by atoms with Crippen LogP contribution in [0.4, 0.5) is 0 Å². The van der Waals surface area contributed by atoms with Gasteiger partial charge in [0.05, 0.1) is 18.2 Å². The van der Waals surface area contributed by atoms with Gasteiger partial charge in [0.15, 0.2) is 0 Å². The van der Waals surface area contributed by atoms with Crippen molar-refractivity contribution < 1.29 is 9.90 Å². The third kappa shape index (κ3) is 4.39. The summed E-state index contributed by atoms with van der Waals surface area (Å²) in [5.74, 6) is 0.0205. The molecule has 1 saturated carbocycles. The van der Waals surface area contributed by atoms with Crippen LogP contribution in [0.2, 0.25) is 0 Å². The number of hydrogen-bond acceptors (Lipinski definition) is 4. The molecule has 0 atom stereocenters. The van der Waals surface area contributed by atoms with Crippen molar-refractivity contribution in [3.8, 4) is 10.6 Å². The second kappa shape index (κ2) is 7.23. The number of nitrogens with one attached hydrogen (secondary N) is 1. The molecule has 2 N–H and O–H groups in total. The number of rotatable bonds is 4. The summed E-state index contributed by atoms with van der Waals surface area (Å²) in [6, 6.07) is 8.46. The number of aliphatic hydroxyl groups is 1. The molecule has 2 aromatic rings. The van der Waals surface area contributed by atoms with Crippen molar-refractivity contribution in [2.24, 2.45) is 0 Å². The van der Waals surface area contributed by atoms with Crippen molar-refractivity contribution in [3.63, 3.8) is 0 Å². The fourth-order valence-corrected chi connectivity index (χ4v) is 3.71. The van der Waals surface area contributed by atoms with Gasteiger partial charge in [-0.2, -0.15) is 0 Å². The molecule has 1 aromatic carbocycles. The second-order valence-electron chi connectivity index (χ2n) is 6.26. The molecule has 23 heavy (non-hydrogen) atoms. The Bertz CT molecular complexity index is 658. The molecule has 5 heteroatoms. The minimum atomic E-state index is -0.196. The van der Waals surface area contributed by atoms with Gasteiger partial charge in [0, 0.05) is 17.0 Å². The van der Waals surface area contributed by atoms with E-state index in [1.54, 1.807) is 11.3 Å². The van der Waals surface area contributed by atoms with Crippen LogP contribution in [0, 0.1) is 6.92 Å².